The first-order chi connectivity index (χ1) is 8.58. The Morgan fingerprint density at radius 3 is 2.56 bits per heavy atom. The van der Waals surface area contributed by atoms with Gasteiger partial charge in [0.25, 0.3) is 0 Å². The van der Waals surface area contributed by atoms with Crippen molar-refractivity contribution < 1.29 is 0 Å². The van der Waals surface area contributed by atoms with E-state index in [4.69, 9.17) is 5.73 Å². The van der Waals surface area contributed by atoms with Gasteiger partial charge < -0.3 is 11.1 Å². The third-order valence-electron chi connectivity index (χ3n) is 4.23. The lowest BCUT2D eigenvalue weighted by atomic mass is 9.90. The van der Waals surface area contributed by atoms with E-state index >= 15 is 0 Å². The number of rotatable bonds is 3. The van der Waals surface area contributed by atoms with E-state index in [9.17, 15) is 0 Å². The average Bonchev–Trinajstić information content (AvgIpc) is 2.35. The molecule has 18 heavy (non-hydrogen) atoms. The van der Waals surface area contributed by atoms with Crippen LogP contribution in [0.15, 0.2) is 12.1 Å². The van der Waals surface area contributed by atoms with Crippen molar-refractivity contribution in [3.05, 3.63) is 34.4 Å². The van der Waals surface area contributed by atoms with Gasteiger partial charge in [-0.3, -0.25) is 0 Å². The van der Waals surface area contributed by atoms with E-state index in [0.717, 1.165) is 13.0 Å². The zero-order chi connectivity index (χ0) is 13.1. The quantitative estimate of drug-likeness (QED) is 0.860. The molecule has 1 fully saturated rings. The van der Waals surface area contributed by atoms with E-state index in [0.29, 0.717) is 6.04 Å². The molecule has 0 radical (unpaired) electrons. The molecular formula is C16H26N2. The molecule has 0 aromatic heterocycles. The molecule has 1 aliphatic rings. The highest BCUT2D eigenvalue weighted by atomic mass is 14.9. The minimum Gasteiger partial charge on any atom is -0.324 e. The van der Waals surface area contributed by atoms with E-state index in [1.807, 2.05) is 0 Å². The minimum atomic E-state index is 0.167. The number of nitrogens with two attached hydrogens (primary N) is 1. The van der Waals surface area contributed by atoms with Crippen LogP contribution in [0.5, 0.6) is 0 Å². The van der Waals surface area contributed by atoms with Crippen molar-refractivity contribution in [2.75, 3.05) is 6.54 Å². The van der Waals surface area contributed by atoms with Crippen LogP contribution in [0.4, 0.5) is 0 Å². The van der Waals surface area contributed by atoms with Crippen LogP contribution < -0.4 is 11.1 Å². The van der Waals surface area contributed by atoms with Crippen LogP contribution in [0, 0.1) is 20.8 Å². The Hall–Kier alpha value is -0.860. The second-order valence-corrected chi connectivity index (χ2v) is 5.78. The third kappa shape index (κ3) is 3.12. The molecule has 1 aromatic carbocycles. The highest BCUT2D eigenvalue weighted by Gasteiger charge is 2.18. The first-order valence-corrected chi connectivity index (χ1v) is 7.14. The number of aryl methyl sites for hydroxylation is 3. The fourth-order valence-electron chi connectivity index (χ4n) is 2.94. The lowest BCUT2D eigenvalue weighted by Crippen LogP contribution is -2.36. The zero-order valence-corrected chi connectivity index (χ0v) is 11.9. The highest BCUT2D eigenvalue weighted by Crippen LogP contribution is 2.25. The van der Waals surface area contributed by atoms with E-state index in [1.54, 1.807) is 0 Å². The molecule has 0 spiro atoms. The molecule has 1 saturated heterocycles. The second kappa shape index (κ2) is 5.85. The smallest absolute Gasteiger partial charge is 0.0312 e. The van der Waals surface area contributed by atoms with Crippen molar-refractivity contribution in [2.24, 2.45) is 5.73 Å². The summed E-state index contributed by atoms with van der Waals surface area (Å²) in [7, 11) is 0. The van der Waals surface area contributed by atoms with Crippen LogP contribution in [-0.2, 0) is 0 Å². The Balaban J connectivity index is 2.08. The highest BCUT2D eigenvalue weighted by molar-refractivity contribution is 5.38. The summed E-state index contributed by atoms with van der Waals surface area (Å²) < 4.78 is 0. The van der Waals surface area contributed by atoms with Gasteiger partial charge in [-0.25, -0.2) is 0 Å². The van der Waals surface area contributed by atoms with Gasteiger partial charge in [-0.05, 0) is 68.8 Å². The molecule has 0 bridgehead atoms. The summed E-state index contributed by atoms with van der Waals surface area (Å²) in [5, 5.41) is 3.59. The first kappa shape index (κ1) is 13.6. The molecular weight excluding hydrogens is 220 g/mol. The van der Waals surface area contributed by atoms with Gasteiger partial charge in [0.1, 0.15) is 0 Å². The molecule has 1 aliphatic heterocycles. The first-order valence-electron chi connectivity index (χ1n) is 7.14. The lowest BCUT2D eigenvalue weighted by molar-refractivity contribution is 0.362. The molecule has 1 heterocycles. The predicted octanol–water partition coefficient (Wildman–Crippen LogP) is 3.14. The topological polar surface area (TPSA) is 38.0 Å². The summed E-state index contributed by atoms with van der Waals surface area (Å²) >= 11 is 0. The van der Waals surface area contributed by atoms with Gasteiger partial charge in [-0.15, -0.1) is 0 Å². The van der Waals surface area contributed by atoms with Gasteiger partial charge in [-0.1, -0.05) is 18.6 Å². The lowest BCUT2D eigenvalue weighted by Gasteiger charge is -2.27. The zero-order valence-electron chi connectivity index (χ0n) is 11.9. The molecule has 1 aromatic rings. The molecule has 0 saturated carbocycles. The van der Waals surface area contributed by atoms with Gasteiger partial charge in [0.15, 0.2) is 0 Å². The Morgan fingerprint density at radius 1 is 1.17 bits per heavy atom. The monoisotopic (exact) mass is 246 g/mol. The van der Waals surface area contributed by atoms with Crippen LogP contribution in [0.25, 0.3) is 0 Å². The normalized spacial score (nSPS) is 21.9. The maximum absolute atomic E-state index is 6.41. The Labute approximate surface area is 111 Å². The summed E-state index contributed by atoms with van der Waals surface area (Å²) in [6.07, 6.45) is 4.99. The van der Waals surface area contributed by atoms with Crippen LogP contribution in [0.2, 0.25) is 0 Å². The maximum Gasteiger partial charge on any atom is 0.0312 e. The Morgan fingerprint density at radius 2 is 1.89 bits per heavy atom. The van der Waals surface area contributed by atoms with Crippen LogP contribution in [0.3, 0.4) is 0 Å². The molecule has 100 valence electrons. The summed E-state index contributed by atoms with van der Waals surface area (Å²) in [6.45, 7) is 7.67. The van der Waals surface area contributed by atoms with Gasteiger partial charge in [-0.2, -0.15) is 0 Å². The molecule has 3 N–H and O–H groups in total. The van der Waals surface area contributed by atoms with Gasteiger partial charge >= 0.3 is 0 Å². The predicted molar refractivity (Wildman–Crippen MR) is 77.8 cm³/mol. The maximum atomic E-state index is 6.41. The number of hydrogen-bond acceptors (Lipinski definition) is 2. The molecule has 0 amide bonds. The van der Waals surface area contributed by atoms with Gasteiger partial charge in [0.2, 0.25) is 0 Å². The Kier molecular flexibility index (Phi) is 4.41. The van der Waals surface area contributed by atoms with Crippen LogP contribution in [0.1, 0.15) is 54.0 Å². The van der Waals surface area contributed by atoms with Gasteiger partial charge in [0, 0.05) is 12.1 Å². The number of hydrogen-bond donors (Lipinski definition) is 2. The second-order valence-electron chi connectivity index (χ2n) is 5.78. The van der Waals surface area contributed by atoms with E-state index in [-0.39, 0.29) is 6.04 Å². The molecule has 2 unspecified atom stereocenters. The van der Waals surface area contributed by atoms with Crippen molar-refractivity contribution in [3.63, 3.8) is 0 Å². The molecule has 2 rings (SSSR count). The van der Waals surface area contributed by atoms with E-state index < -0.39 is 0 Å². The van der Waals surface area contributed by atoms with Gasteiger partial charge in [0.05, 0.1) is 0 Å². The largest absolute Gasteiger partial charge is 0.324 e. The van der Waals surface area contributed by atoms with Crippen molar-refractivity contribution in [1.82, 2.24) is 5.32 Å². The molecule has 0 aliphatic carbocycles. The van der Waals surface area contributed by atoms with Crippen LogP contribution >= 0.6 is 0 Å². The summed E-state index contributed by atoms with van der Waals surface area (Å²) in [4.78, 5) is 0. The summed E-state index contributed by atoms with van der Waals surface area (Å²) in [6, 6.07) is 5.31. The number of piperidine rings is 1. The fourth-order valence-corrected chi connectivity index (χ4v) is 2.94. The SMILES string of the molecule is Cc1cc(C)c(C(N)CC2CCCCN2)cc1C. The summed E-state index contributed by atoms with van der Waals surface area (Å²) in [5.41, 5.74) is 11.8. The van der Waals surface area contributed by atoms with Crippen molar-refractivity contribution in [1.29, 1.82) is 0 Å². The summed E-state index contributed by atoms with van der Waals surface area (Å²) in [5.74, 6) is 0. The molecule has 2 atom stereocenters. The fraction of sp³-hybridized carbons (Fsp3) is 0.625. The number of benzene rings is 1. The standard InChI is InChI=1S/C16H26N2/c1-11-8-13(3)15(9-12(11)2)16(17)10-14-6-4-5-7-18-14/h8-9,14,16,18H,4-7,10,17H2,1-3H3. The van der Waals surface area contributed by atoms with Crippen molar-refractivity contribution in [3.8, 4) is 0 Å². The van der Waals surface area contributed by atoms with Crippen LogP contribution in [-0.4, -0.2) is 12.6 Å². The number of nitrogens with one attached hydrogen (secondary N) is 1. The van der Waals surface area contributed by atoms with E-state index in [1.165, 1.54) is 41.5 Å². The van der Waals surface area contributed by atoms with Crippen molar-refractivity contribution in [2.45, 2.75) is 58.5 Å². The van der Waals surface area contributed by atoms with E-state index in [2.05, 4.69) is 38.2 Å². The molecule has 2 nitrogen and oxygen atoms in total. The Bertz CT molecular complexity index is 406. The average molecular weight is 246 g/mol. The minimum absolute atomic E-state index is 0.167. The molecule has 2 heteroatoms. The third-order valence-corrected chi connectivity index (χ3v) is 4.23. The van der Waals surface area contributed by atoms with Crippen molar-refractivity contribution >= 4 is 0 Å².